The first-order valence-corrected chi connectivity index (χ1v) is 7.74. The fourth-order valence-electron chi connectivity index (χ4n) is 1.44. The average Bonchev–Trinajstić information content (AvgIpc) is 2.28. The van der Waals surface area contributed by atoms with Gasteiger partial charge in [0.2, 0.25) is 0 Å². The molecule has 0 bridgehead atoms. The summed E-state index contributed by atoms with van der Waals surface area (Å²) in [4.78, 5) is 25.8. The summed E-state index contributed by atoms with van der Waals surface area (Å²) < 4.78 is 0. The lowest BCUT2D eigenvalue weighted by Crippen LogP contribution is -1.97. The predicted molar refractivity (Wildman–Crippen MR) is 77.9 cm³/mol. The summed E-state index contributed by atoms with van der Waals surface area (Å²) in [6.07, 6.45) is 5.38. The molecule has 5 heteroatoms. The van der Waals surface area contributed by atoms with Gasteiger partial charge in [0.15, 0.2) is 10.2 Å². The molecule has 1 heterocycles. The van der Waals surface area contributed by atoms with Gasteiger partial charge < -0.3 is 0 Å². The Morgan fingerprint density at radius 2 is 1.44 bits per heavy atom. The number of carbonyl (C=O) groups is 2. The summed E-state index contributed by atoms with van der Waals surface area (Å²) in [6.45, 7) is 3.16. The molecule has 1 aromatic heterocycles. The third-order valence-corrected chi connectivity index (χ3v) is 3.87. The Morgan fingerprint density at radius 3 is 1.83 bits per heavy atom. The molecule has 1 rings (SSSR count). The van der Waals surface area contributed by atoms with Gasteiger partial charge in [-0.05, 0) is 24.0 Å². The molecule has 0 unspecified atom stereocenters. The molecule has 0 radical (unpaired) electrons. The highest BCUT2D eigenvalue weighted by Crippen LogP contribution is 2.11. The van der Waals surface area contributed by atoms with Gasteiger partial charge in [0.1, 0.15) is 0 Å². The van der Waals surface area contributed by atoms with Gasteiger partial charge in [-0.1, -0.05) is 29.6 Å². The largest absolute Gasteiger partial charge is 0.288 e. The Kier molecular flexibility index (Phi) is 7.05. The molecule has 18 heavy (non-hydrogen) atoms. The molecule has 0 spiro atoms. The Morgan fingerprint density at radius 1 is 1.00 bits per heavy atom. The summed E-state index contributed by atoms with van der Waals surface area (Å²) in [7, 11) is 0. The summed E-state index contributed by atoms with van der Waals surface area (Å²) in [6, 6.07) is 2.11. The van der Waals surface area contributed by atoms with Gasteiger partial charge in [0.05, 0.1) is 0 Å². The van der Waals surface area contributed by atoms with Crippen molar-refractivity contribution in [3.63, 3.8) is 0 Å². The quantitative estimate of drug-likeness (QED) is 0.803. The van der Waals surface area contributed by atoms with Crippen LogP contribution in [0.15, 0.2) is 18.5 Å². The van der Waals surface area contributed by atoms with Crippen LogP contribution in [0.25, 0.3) is 0 Å². The van der Waals surface area contributed by atoms with E-state index in [1.807, 2.05) is 12.4 Å². The first-order chi connectivity index (χ1) is 8.58. The number of hydrogen-bond acceptors (Lipinski definition) is 5. The van der Waals surface area contributed by atoms with Crippen LogP contribution in [0.4, 0.5) is 0 Å². The number of aromatic nitrogens is 1. The van der Waals surface area contributed by atoms with Crippen molar-refractivity contribution in [1.82, 2.24) is 4.98 Å². The maximum atomic E-state index is 10.8. The monoisotopic (exact) mass is 283 g/mol. The maximum Gasteiger partial charge on any atom is 0.185 e. The van der Waals surface area contributed by atoms with E-state index in [9.17, 15) is 9.59 Å². The van der Waals surface area contributed by atoms with Crippen molar-refractivity contribution in [1.29, 1.82) is 0 Å². The molecule has 0 saturated carbocycles. The van der Waals surface area contributed by atoms with Crippen LogP contribution in [-0.4, -0.2) is 26.7 Å². The first kappa shape index (κ1) is 15.2. The van der Waals surface area contributed by atoms with Crippen molar-refractivity contribution >= 4 is 33.8 Å². The van der Waals surface area contributed by atoms with E-state index in [0.717, 1.165) is 35.5 Å². The third kappa shape index (κ3) is 6.81. The molecular weight excluding hydrogens is 266 g/mol. The second-order valence-corrected chi connectivity index (χ2v) is 6.43. The molecule has 0 saturated heterocycles. The van der Waals surface area contributed by atoms with Crippen molar-refractivity contribution in [2.75, 3.05) is 11.5 Å². The van der Waals surface area contributed by atoms with E-state index in [0.29, 0.717) is 0 Å². The molecule has 0 aliphatic heterocycles. The van der Waals surface area contributed by atoms with Crippen LogP contribution < -0.4 is 0 Å². The van der Waals surface area contributed by atoms with E-state index in [4.69, 9.17) is 0 Å². The van der Waals surface area contributed by atoms with E-state index >= 15 is 0 Å². The molecule has 0 atom stereocenters. The van der Waals surface area contributed by atoms with E-state index in [-0.39, 0.29) is 10.2 Å². The fourth-order valence-corrected chi connectivity index (χ4v) is 2.69. The number of nitrogens with zero attached hydrogens (tertiary/aromatic N) is 1. The van der Waals surface area contributed by atoms with Crippen LogP contribution in [0, 0.1) is 0 Å². The van der Waals surface area contributed by atoms with Crippen LogP contribution >= 0.6 is 23.5 Å². The van der Waals surface area contributed by atoms with Crippen molar-refractivity contribution in [3.8, 4) is 0 Å². The average molecular weight is 283 g/mol. The van der Waals surface area contributed by atoms with Gasteiger partial charge in [-0.3, -0.25) is 14.6 Å². The SMILES string of the molecule is CC(=O)SCCc1cncc(CCSC(C)=O)c1. The molecular formula is C13H17NO2S2. The summed E-state index contributed by atoms with van der Waals surface area (Å²) in [5.41, 5.74) is 2.29. The number of aryl methyl sites for hydroxylation is 2. The van der Waals surface area contributed by atoms with Gasteiger partial charge in [0, 0.05) is 37.7 Å². The fraction of sp³-hybridized carbons (Fsp3) is 0.462. The Balaban J connectivity index is 2.41. The lowest BCUT2D eigenvalue weighted by atomic mass is 10.1. The van der Waals surface area contributed by atoms with Crippen molar-refractivity contribution < 1.29 is 9.59 Å². The highest BCUT2D eigenvalue weighted by atomic mass is 32.2. The number of thioether (sulfide) groups is 2. The van der Waals surface area contributed by atoms with E-state index in [2.05, 4.69) is 11.1 Å². The van der Waals surface area contributed by atoms with Crippen LogP contribution in [0.2, 0.25) is 0 Å². The number of carbonyl (C=O) groups excluding carboxylic acids is 2. The third-order valence-electron chi connectivity index (χ3n) is 2.24. The Hall–Kier alpha value is -0.810. The number of rotatable bonds is 6. The van der Waals surface area contributed by atoms with E-state index in [1.165, 1.54) is 23.5 Å². The first-order valence-electron chi connectivity index (χ1n) is 5.77. The topological polar surface area (TPSA) is 47.0 Å². The zero-order chi connectivity index (χ0) is 13.4. The molecule has 0 aliphatic carbocycles. The highest BCUT2D eigenvalue weighted by Gasteiger charge is 2.01. The summed E-state index contributed by atoms with van der Waals surface area (Å²) in [5.74, 6) is 1.59. The summed E-state index contributed by atoms with van der Waals surface area (Å²) in [5, 5.41) is 0.300. The Labute approximate surface area is 116 Å². The van der Waals surface area contributed by atoms with Crippen LogP contribution in [-0.2, 0) is 22.4 Å². The van der Waals surface area contributed by atoms with Crippen LogP contribution in [0.5, 0.6) is 0 Å². The normalized spacial score (nSPS) is 10.3. The number of hydrogen-bond donors (Lipinski definition) is 0. The lowest BCUT2D eigenvalue weighted by molar-refractivity contribution is -0.109. The van der Waals surface area contributed by atoms with E-state index in [1.54, 1.807) is 13.8 Å². The maximum absolute atomic E-state index is 10.8. The minimum atomic E-state index is 0.150. The van der Waals surface area contributed by atoms with E-state index < -0.39 is 0 Å². The molecule has 0 amide bonds. The van der Waals surface area contributed by atoms with Crippen LogP contribution in [0.3, 0.4) is 0 Å². The molecule has 0 fully saturated rings. The summed E-state index contributed by atoms with van der Waals surface area (Å²) >= 11 is 2.68. The van der Waals surface area contributed by atoms with Crippen molar-refractivity contribution in [2.24, 2.45) is 0 Å². The van der Waals surface area contributed by atoms with Gasteiger partial charge in [-0.2, -0.15) is 0 Å². The second kappa shape index (κ2) is 8.32. The van der Waals surface area contributed by atoms with Gasteiger partial charge in [0.25, 0.3) is 0 Å². The molecule has 1 aromatic rings. The zero-order valence-electron chi connectivity index (χ0n) is 10.6. The van der Waals surface area contributed by atoms with Crippen LogP contribution in [0.1, 0.15) is 25.0 Å². The highest BCUT2D eigenvalue weighted by molar-refractivity contribution is 8.13. The van der Waals surface area contributed by atoms with Gasteiger partial charge in [-0.15, -0.1) is 0 Å². The zero-order valence-corrected chi connectivity index (χ0v) is 12.3. The Bertz CT molecular complexity index is 386. The standard InChI is InChI=1S/C13H17NO2S2/c1-10(15)17-5-3-12-7-13(9-14-8-12)4-6-18-11(2)16/h7-9H,3-6H2,1-2H3. The number of pyridine rings is 1. The smallest absolute Gasteiger partial charge is 0.185 e. The van der Waals surface area contributed by atoms with Crippen molar-refractivity contribution in [2.45, 2.75) is 26.7 Å². The minimum absolute atomic E-state index is 0.150. The lowest BCUT2D eigenvalue weighted by Gasteiger charge is -2.03. The molecule has 98 valence electrons. The molecule has 0 aliphatic rings. The molecule has 0 aromatic carbocycles. The predicted octanol–water partition coefficient (Wildman–Crippen LogP) is 2.73. The van der Waals surface area contributed by atoms with Gasteiger partial charge >= 0.3 is 0 Å². The minimum Gasteiger partial charge on any atom is -0.288 e. The molecule has 0 N–H and O–H groups in total. The van der Waals surface area contributed by atoms with Gasteiger partial charge in [-0.25, -0.2) is 0 Å². The second-order valence-electron chi connectivity index (χ2n) is 3.88. The molecule has 3 nitrogen and oxygen atoms in total. The van der Waals surface area contributed by atoms with Crippen molar-refractivity contribution in [3.05, 3.63) is 29.6 Å².